The van der Waals surface area contributed by atoms with Crippen LogP contribution in [0.4, 0.5) is 10.4 Å². The van der Waals surface area contributed by atoms with Crippen LogP contribution in [0, 0.1) is 5.82 Å². The van der Waals surface area contributed by atoms with E-state index in [2.05, 4.69) is 10.1 Å². The van der Waals surface area contributed by atoms with Crippen LogP contribution in [0.3, 0.4) is 0 Å². The molecular weight excluding hydrogens is 418 g/mol. The Balaban J connectivity index is 1.45. The Hall–Kier alpha value is -2.64. The lowest BCUT2D eigenvalue weighted by Gasteiger charge is -2.21. The van der Waals surface area contributed by atoms with E-state index in [4.69, 9.17) is 27.7 Å². The molecule has 1 aromatic heterocycles. The zero-order valence-corrected chi connectivity index (χ0v) is 16.8. The van der Waals surface area contributed by atoms with Gasteiger partial charge < -0.3 is 14.3 Å². The molecule has 0 saturated carbocycles. The van der Waals surface area contributed by atoms with Gasteiger partial charge in [-0.15, -0.1) is 0 Å². The predicted molar refractivity (Wildman–Crippen MR) is 109 cm³/mol. The number of hydrogen-bond donors (Lipinski definition) is 0. The molecule has 0 atom stereocenters. The maximum atomic E-state index is 13.1. The van der Waals surface area contributed by atoms with E-state index in [1.807, 2.05) is 4.90 Å². The highest BCUT2D eigenvalue weighted by Crippen LogP contribution is 2.27. The summed E-state index contributed by atoms with van der Waals surface area (Å²) in [6, 6.07) is 11.0. The summed E-state index contributed by atoms with van der Waals surface area (Å²) in [4.78, 5) is 20.8. The largest absolute Gasteiger partial charge is 0.337 e. The zero-order chi connectivity index (χ0) is 20.4. The van der Waals surface area contributed by atoms with Crippen molar-refractivity contribution in [3.63, 3.8) is 0 Å². The molecule has 29 heavy (non-hydrogen) atoms. The smallest absolute Gasteiger partial charge is 0.324 e. The molecule has 150 valence electrons. The van der Waals surface area contributed by atoms with Crippen molar-refractivity contribution >= 4 is 35.1 Å². The second kappa shape index (κ2) is 8.39. The maximum Gasteiger partial charge on any atom is 0.324 e. The Kier molecular flexibility index (Phi) is 5.69. The highest BCUT2D eigenvalue weighted by atomic mass is 35.5. The Morgan fingerprint density at radius 2 is 1.72 bits per heavy atom. The van der Waals surface area contributed by atoms with E-state index in [1.165, 1.54) is 24.3 Å². The number of benzene rings is 2. The molecule has 0 bridgehead atoms. The van der Waals surface area contributed by atoms with Crippen LogP contribution >= 0.6 is 23.2 Å². The van der Waals surface area contributed by atoms with Crippen LogP contribution in [0.1, 0.15) is 16.8 Å². The minimum absolute atomic E-state index is 0.119. The molecule has 4 rings (SSSR count). The molecule has 3 aromatic rings. The molecule has 2 heterocycles. The van der Waals surface area contributed by atoms with Gasteiger partial charge >= 0.3 is 6.01 Å². The zero-order valence-electron chi connectivity index (χ0n) is 15.3. The fraction of sp³-hybridized carbons (Fsp3) is 0.250. The van der Waals surface area contributed by atoms with Crippen molar-refractivity contribution in [2.45, 2.75) is 6.42 Å². The third-order valence-electron chi connectivity index (χ3n) is 4.68. The molecule has 1 fully saturated rings. The SMILES string of the molecule is O=C(c1ccc(F)cc1)N1CCCN(c2nc(-c3cc(Cl)cc(Cl)c3)no2)CC1. The number of carbonyl (C=O) groups is 1. The summed E-state index contributed by atoms with van der Waals surface area (Å²) in [7, 11) is 0. The number of halogens is 3. The van der Waals surface area contributed by atoms with Crippen molar-refractivity contribution in [2.75, 3.05) is 31.1 Å². The fourth-order valence-corrected chi connectivity index (χ4v) is 3.76. The topological polar surface area (TPSA) is 62.5 Å². The Morgan fingerprint density at radius 3 is 2.45 bits per heavy atom. The lowest BCUT2D eigenvalue weighted by molar-refractivity contribution is 0.0767. The minimum atomic E-state index is -0.364. The van der Waals surface area contributed by atoms with Gasteiger partial charge in [0, 0.05) is 47.4 Å². The number of carbonyl (C=O) groups excluding carboxylic acids is 1. The molecule has 0 N–H and O–H groups in total. The maximum absolute atomic E-state index is 13.1. The number of aromatic nitrogens is 2. The van der Waals surface area contributed by atoms with Crippen LogP contribution in [0.25, 0.3) is 11.4 Å². The van der Waals surface area contributed by atoms with E-state index in [-0.39, 0.29) is 11.7 Å². The molecule has 1 saturated heterocycles. The number of nitrogens with zero attached hydrogens (tertiary/aromatic N) is 4. The molecule has 9 heteroatoms. The normalized spacial score (nSPS) is 14.7. The van der Waals surface area contributed by atoms with Crippen LogP contribution in [0.2, 0.25) is 10.0 Å². The summed E-state index contributed by atoms with van der Waals surface area (Å²) in [5.74, 6) is -0.0868. The lowest BCUT2D eigenvalue weighted by atomic mass is 10.2. The first kappa shape index (κ1) is 19.7. The Labute approximate surface area is 176 Å². The van der Waals surface area contributed by atoms with Gasteiger partial charge in [-0.25, -0.2) is 4.39 Å². The van der Waals surface area contributed by atoms with E-state index < -0.39 is 0 Å². The van der Waals surface area contributed by atoms with E-state index in [9.17, 15) is 9.18 Å². The molecule has 1 aliphatic rings. The van der Waals surface area contributed by atoms with Gasteiger partial charge in [0.15, 0.2) is 0 Å². The summed E-state index contributed by atoms with van der Waals surface area (Å²) < 4.78 is 18.5. The van der Waals surface area contributed by atoms with Gasteiger partial charge in [0.05, 0.1) is 0 Å². The van der Waals surface area contributed by atoms with Gasteiger partial charge in [0.1, 0.15) is 5.82 Å². The van der Waals surface area contributed by atoms with Gasteiger partial charge in [-0.2, -0.15) is 4.98 Å². The van der Waals surface area contributed by atoms with Crippen molar-refractivity contribution in [1.82, 2.24) is 15.0 Å². The van der Waals surface area contributed by atoms with Crippen molar-refractivity contribution in [1.29, 1.82) is 0 Å². The van der Waals surface area contributed by atoms with Crippen LogP contribution in [-0.2, 0) is 0 Å². The number of hydrogen-bond acceptors (Lipinski definition) is 5. The quantitative estimate of drug-likeness (QED) is 0.605. The van der Waals surface area contributed by atoms with Crippen LogP contribution in [0.15, 0.2) is 47.0 Å². The van der Waals surface area contributed by atoms with Crippen molar-refractivity contribution in [2.24, 2.45) is 0 Å². The van der Waals surface area contributed by atoms with Gasteiger partial charge in [-0.3, -0.25) is 4.79 Å². The van der Waals surface area contributed by atoms with Crippen molar-refractivity contribution in [3.8, 4) is 11.4 Å². The predicted octanol–water partition coefficient (Wildman–Crippen LogP) is 4.54. The molecule has 0 radical (unpaired) electrons. The summed E-state index contributed by atoms with van der Waals surface area (Å²) in [6.07, 6.45) is 0.744. The molecule has 6 nitrogen and oxygen atoms in total. The average molecular weight is 435 g/mol. The standard InChI is InChI=1S/C20H17Cl2FN4O2/c21-15-10-14(11-16(22)12-15)18-24-20(29-25-18)27-7-1-6-26(8-9-27)19(28)13-2-4-17(23)5-3-13/h2-5,10-12H,1,6-9H2. The summed E-state index contributed by atoms with van der Waals surface area (Å²) in [6.45, 7) is 2.31. The second-order valence-corrected chi connectivity index (χ2v) is 7.57. The summed E-state index contributed by atoms with van der Waals surface area (Å²) in [5, 5.41) is 5.00. The number of rotatable bonds is 3. The molecule has 2 aromatic carbocycles. The summed E-state index contributed by atoms with van der Waals surface area (Å²) >= 11 is 12.1. The number of amides is 1. The molecule has 0 unspecified atom stereocenters. The van der Waals surface area contributed by atoms with Gasteiger partial charge in [0.2, 0.25) is 5.82 Å². The molecule has 1 aliphatic heterocycles. The average Bonchev–Trinajstić information content (AvgIpc) is 3.06. The molecule has 0 aliphatic carbocycles. The third-order valence-corrected chi connectivity index (χ3v) is 5.12. The van der Waals surface area contributed by atoms with Crippen molar-refractivity contribution in [3.05, 3.63) is 63.9 Å². The Bertz CT molecular complexity index is 1010. The Morgan fingerprint density at radius 1 is 1.00 bits per heavy atom. The van der Waals surface area contributed by atoms with Crippen LogP contribution < -0.4 is 4.90 Å². The molecule has 1 amide bonds. The lowest BCUT2D eigenvalue weighted by Crippen LogP contribution is -2.35. The van der Waals surface area contributed by atoms with Crippen LogP contribution in [0.5, 0.6) is 0 Å². The van der Waals surface area contributed by atoms with Gasteiger partial charge in [-0.1, -0.05) is 28.4 Å². The van der Waals surface area contributed by atoms with Crippen LogP contribution in [-0.4, -0.2) is 47.1 Å². The van der Waals surface area contributed by atoms with E-state index >= 15 is 0 Å². The van der Waals surface area contributed by atoms with E-state index in [1.54, 1.807) is 23.1 Å². The second-order valence-electron chi connectivity index (χ2n) is 6.70. The van der Waals surface area contributed by atoms with E-state index in [0.29, 0.717) is 59.2 Å². The minimum Gasteiger partial charge on any atom is -0.337 e. The van der Waals surface area contributed by atoms with Gasteiger partial charge in [0.25, 0.3) is 5.91 Å². The highest BCUT2D eigenvalue weighted by molar-refractivity contribution is 6.35. The fourth-order valence-electron chi connectivity index (χ4n) is 3.23. The third kappa shape index (κ3) is 4.52. The first-order valence-corrected chi connectivity index (χ1v) is 9.85. The molecule has 0 spiro atoms. The monoisotopic (exact) mass is 434 g/mol. The van der Waals surface area contributed by atoms with Crippen molar-refractivity contribution < 1.29 is 13.7 Å². The first-order chi connectivity index (χ1) is 14.0. The summed E-state index contributed by atoms with van der Waals surface area (Å²) in [5.41, 5.74) is 1.14. The van der Waals surface area contributed by atoms with Gasteiger partial charge in [-0.05, 0) is 48.9 Å². The first-order valence-electron chi connectivity index (χ1n) is 9.09. The highest BCUT2D eigenvalue weighted by Gasteiger charge is 2.23. The molecular formula is C20H17Cl2FN4O2. The number of anilines is 1. The van der Waals surface area contributed by atoms with E-state index in [0.717, 1.165) is 6.42 Å².